The van der Waals surface area contributed by atoms with Gasteiger partial charge in [0.15, 0.2) is 0 Å². The highest BCUT2D eigenvalue weighted by molar-refractivity contribution is 5.58. The van der Waals surface area contributed by atoms with Gasteiger partial charge in [0.1, 0.15) is 5.82 Å². The topological polar surface area (TPSA) is 29.9 Å². The van der Waals surface area contributed by atoms with Crippen LogP contribution in [0.5, 0.6) is 0 Å². The SMILES string of the molecule is Fc1cccc(Nc2cnn(-c3ccccc3)c2)c1. The number of hydrogen-bond acceptors (Lipinski definition) is 2. The van der Waals surface area contributed by atoms with E-state index in [1.807, 2.05) is 42.6 Å². The fraction of sp³-hybridized carbons (Fsp3) is 0. The van der Waals surface area contributed by atoms with Gasteiger partial charge in [-0.25, -0.2) is 9.07 Å². The molecule has 2 aromatic carbocycles. The third-order valence-corrected chi connectivity index (χ3v) is 2.72. The molecule has 4 heteroatoms. The fourth-order valence-corrected chi connectivity index (χ4v) is 1.84. The molecular formula is C15H12FN3. The van der Waals surface area contributed by atoms with Gasteiger partial charge in [-0.2, -0.15) is 5.10 Å². The summed E-state index contributed by atoms with van der Waals surface area (Å²) < 4.78 is 14.8. The van der Waals surface area contributed by atoms with Crippen LogP contribution in [-0.2, 0) is 0 Å². The molecule has 0 atom stereocenters. The van der Waals surface area contributed by atoms with E-state index in [1.54, 1.807) is 16.9 Å². The first kappa shape index (κ1) is 11.5. The fourth-order valence-electron chi connectivity index (χ4n) is 1.84. The van der Waals surface area contributed by atoms with Crippen molar-refractivity contribution in [2.24, 2.45) is 0 Å². The average Bonchev–Trinajstić information content (AvgIpc) is 2.88. The summed E-state index contributed by atoms with van der Waals surface area (Å²) in [5.41, 5.74) is 2.50. The molecule has 3 aromatic rings. The van der Waals surface area contributed by atoms with Gasteiger partial charge in [-0.15, -0.1) is 0 Å². The molecule has 3 rings (SSSR count). The summed E-state index contributed by atoms with van der Waals surface area (Å²) in [4.78, 5) is 0. The van der Waals surface area contributed by atoms with Crippen molar-refractivity contribution in [2.75, 3.05) is 5.32 Å². The number of anilines is 2. The van der Waals surface area contributed by atoms with E-state index in [1.165, 1.54) is 12.1 Å². The standard InChI is InChI=1S/C15H12FN3/c16-12-5-4-6-13(9-12)18-14-10-17-19(11-14)15-7-2-1-3-8-15/h1-11,18H. The second-order valence-corrected chi connectivity index (χ2v) is 4.14. The van der Waals surface area contributed by atoms with Crippen LogP contribution in [-0.4, -0.2) is 9.78 Å². The van der Waals surface area contributed by atoms with Crippen LogP contribution >= 0.6 is 0 Å². The molecule has 1 N–H and O–H groups in total. The van der Waals surface area contributed by atoms with E-state index in [-0.39, 0.29) is 5.82 Å². The van der Waals surface area contributed by atoms with Gasteiger partial charge in [-0.1, -0.05) is 24.3 Å². The first-order chi connectivity index (χ1) is 9.31. The molecule has 0 fully saturated rings. The largest absolute Gasteiger partial charge is 0.353 e. The Balaban J connectivity index is 1.82. The lowest BCUT2D eigenvalue weighted by Crippen LogP contribution is -1.93. The molecular weight excluding hydrogens is 241 g/mol. The molecule has 0 saturated heterocycles. The van der Waals surface area contributed by atoms with Crippen molar-refractivity contribution in [1.29, 1.82) is 0 Å². The number of para-hydroxylation sites is 1. The molecule has 0 unspecified atom stereocenters. The Morgan fingerprint density at radius 2 is 1.79 bits per heavy atom. The molecule has 1 aromatic heterocycles. The van der Waals surface area contributed by atoms with Crippen molar-refractivity contribution in [3.05, 3.63) is 72.8 Å². The number of halogens is 1. The minimum Gasteiger partial charge on any atom is -0.353 e. The lowest BCUT2D eigenvalue weighted by molar-refractivity contribution is 0.628. The second kappa shape index (κ2) is 4.94. The summed E-state index contributed by atoms with van der Waals surface area (Å²) in [5.74, 6) is -0.263. The Morgan fingerprint density at radius 3 is 2.58 bits per heavy atom. The van der Waals surface area contributed by atoms with E-state index >= 15 is 0 Å². The maximum Gasteiger partial charge on any atom is 0.125 e. The summed E-state index contributed by atoms with van der Waals surface area (Å²) in [6, 6.07) is 16.1. The van der Waals surface area contributed by atoms with E-state index in [0.29, 0.717) is 5.69 Å². The highest BCUT2D eigenvalue weighted by Gasteiger charge is 2.01. The Hall–Kier alpha value is -2.62. The van der Waals surface area contributed by atoms with Gasteiger partial charge in [0, 0.05) is 5.69 Å². The molecule has 19 heavy (non-hydrogen) atoms. The van der Waals surface area contributed by atoms with Crippen LogP contribution in [0, 0.1) is 5.82 Å². The van der Waals surface area contributed by atoms with Crippen molar-refractivity contribution < 1.29 is 4.39 Å². The summed E-state index contributed by atoms with van der Waals surface area (Å²) >= 11 is 0. The third-order valence-electron chi connectivity index (χ3n) is 2.72. The molecule has 3 nitrogen and oxygen atoms in total. The van der Waals surface area contributed by atoms with Crippen LogP contribution in [0.15, 0.2) is 67.0 Å². The first-order valence-corrected chi connectivity index (χ1v) is 5.94. The number of rotatable bonds is 3. The lowest BCUT2D eigenvalue weighted by atomic mass is 10.3. The van der Waals surface area contributed by atoms with E-state index < -0.39 is 0 Å². The number of benzene rings is 2. The zero-order valence-electron chi connectivity index (χ0n) is 10.1. The normalized spacial score (nSPS) is 10.4. The minimum atomic E-state index is -0.263. The monoisotopic (exact) mass is 253 g/mol. The molecule has 0 aliphatic heterocycles. The number of nitrogens with zero attached hydrogens (tertiary/aromatic N) is 2. The highest BCUT2D eigenvalue weighted by atomic mass is 19.1. The molecule has 0 saturated carbocycles. The summed E-state index contributed by atoms with van der Waals surface area (Å²) in [6.45, 7) is 0. The van der Waals surface area contributed by atoms with E-state index in [2.05, 4.69) is 10.4 Å². The zero-order valence-corrected chi connectivity index (χ0v) is 10.1. The van der Waals surface area contributed by atoms with Gasteiger partial charge in [0.25, 0.3) is 0 Å². The molecule has 0 spiro atoms. The van der Waals surface area contributed by atoms with Crippen LogP contribution in [0.3, 0.4) is 0 Å². The van der Waals surface area contributed by atoms with Gasteiger partial charge < -0.3 is 5.32 Å². The molecule has 0 radical (unpaired) electrons. The minimum absolute atomic E-state index is 0.263. The molecule has 0 aliphatic rings. The quantitative estimate of drug-likeness (QED) is 0.770. The predicted octanol–water partition coefficient (Wildman–Crippen LogP) is 3.76. The lowest BCUT2D eigenvalue weighted by Gasteiger charge is -2.03. The molecule has 1 heterocycles. The van der Waals surface area contributed by atoms with Gasteiger partial charge in [-0.3, -0.25) is 0 Å². The van der Waals surface area contributed by atoms with Crippen molar-refractivity contribution in [1.82, 2.24) is 9.78 Å². The van der Waals surface area contributed by atoms with Gasteiger partial charge >= 0.3 is 0 Å². The zero-order chi connectivity index (χ0) is 13.1. The summed E-state index contributed by atoms with van der Waals surface area (Å²) in [6.07, 6.45) is 3.57. The van der Waals surface area contributed by atoms with Crippen LogP contribution in [0.2, 0.25) is 0 Å². The van der Waals surface area contributed by atoms with Crippen LogP contribution < -0.4 is 5.32 Å². The van der Waals surface area contributed by atoms with Crippen molar-refractivity contribution in [3.63, 3.8) is 0 Å². The summed E-state index contributed by atoms with van der Waals surface area (Å²) in [7, 11) is 0. The van der Waals surface area contributed by atoms with Crippen LogP contribution in [0.1, 0.15) is 0 Å². The highest BCUT2D eigenvalue weighted by Crippen LogP contribution is 2.18. The first-order valence-electron chi connectivity index (χ1n) is 5.94. The number of nitrogens with one attached hydrogen (secondary N) is 1. The van der Waals surface area contributed by atoms with Crippen LogP contribution in [0.4, 0.5) is 15.8 Å². The van der Waals surface area contributed by atoms with Gasteiger partial charge in [-0.05, 0) is 30.3 Å². The van der Waals surface area contributed by atoms with E-state index in [0.717, 1.165) is 11.4 Å². The van der Waals surface area contributed by atoms with E-state index in [9.17, 15) is 4.39 Å². The molecule has 94 valence electrons. The van der Waals surface area contributed by atoms with Crippen molar-refractivity contribution >= 4 is 11.4 Å². The summed E-state index contributed by atoms with van der Waals surface area (Å²) in [5, 5.41) is 7.38. The number of hydrogen-bond donors (Lipinski definition) is 1. The maximum atomic E-state index is 13.1. The van der Waals surface area contributed by atoms with Gasteiger partial charge in [0.05, 0.1) is 23.8 Å². The smallest absolute Gasteiger partial charge is 0.125 e. The van der Waals surface area contributed by atoms with Crippen molar-refractivity contribution in [2.45, 2.75) is 0 Å². The average molecular weight is 253 g/mol. The van der Waals surface area contributed by atoms with Gasteiger partial charge in [0.2, 0.25) is 0 Å². The van der Waals surface area contributed by atoms with Crippen LogP contribution in [0.25, 0.3) is 5.69 Å². The molecule has 0 bridgehead atoms. The molecule has 0 aliphatic carbocycles. The Labute approximate surface area is 110 Å². The maximum absolute atomic E-state index is 13.1. The predicted molar refractivity (Wildman–Crippen MR) is 73.2 cm³/mol. The Bertz CT molecular complexity index is 677. The molecule has 0 amide bonds. The second-order valence-electron chi connectivity index (χ2n) is 4.14. The number of aromatic nitrogens is 2. The Kier molecular flexibility index (Phi) is 2.98. The Morgan fingerprint density at radius 1 is 0.947 bits per heavy atom. The van der Waals surface area contributed by atoms with E-state index in [4.69, 9.17) is 0 Å². The third kappa shape index (κ3) is 2.63. The van der Waals surface area contributed by atoms with Crippen molar-refractivity contribution in [3.8, 4) is 5.69 Å².